The second-order valence-corrected chi connectivity index (χ2v) is 6.06. The van der Waals surface area contributed by atoms with Gasteiger partial charge in [0.25, 0.3) is 0 Å². The van der Waals surface area contributed by atoms with Gasteiger partial charge in [0.2, 0.25) is 5.91 Å². The molecular weight excluding hydrogens is 306 g/mol. The molecule has 1 saturated heterocycles. The van der Waals surface area contributed by atoms with Crippen molar-refractivity contribution >= 4 is 11.9 Å². The highest BCUT2D eigenvalue weighted by Crippen LogP contribution is 2.28. The maximum Gasteiger partial charge on any atom is 0.335 e. The summed E-state index contributed by atoms with van der Waals surface area (Å²) in [5.74, 6) is -0.0464. The summed E-state index contributed by atoms with van der Waals surface area (Å²) in [6.45, 7) is 4.81. The number of amides is 1. The standard InChI is InChI=1S/C18H19N3O3/c1-11-19-16(13-4-3-5-14(8-13)18(23)24)9-17(20-11)15-6-7-21(10-15)12(2)22/h3-5,8-9,15H,6-7,10H2,1-2H3,(H,23,24)/t15-/m1/s1. The van der Waals surface area contributed by atoms with E-state index < -0.39 is 5.97 Å². The first kappa shape index (κ1) is 16.1. The predicted molar refractivity (Wildman–Crippen MR) is 88.8 cm³/mol. The van der Waals surface area contributed by atoms with Gasteiger partial charge in [0, 0.05) is 37.2 Å². The molecule has 1 aliphatic heterocycles. The van der Waals surface area contributed by atoms with Gasteiger partial charge >= 0.3 is 5.97 Å². The minimum atomic E-state index is -0.962. The van der Waals surface area contributed by atoms with Crippen LogP contribution in [0, 0.1) is 6.92 Å². The topological polar surface area (TPSA) is 83.4 Å². The molecule has 0 radical (unpaired) electrons. The lowest BCUT2D eigenvalue weighted by Gasteiger charge is -2.14. The van der Waals surface area contributed by atoms with E-state index in [1.54, 1.807) is 25.1 Å². The molecule has 124 valence electrons. The first-order valence-electron chi connectivity index (χ1n) is 7.89. The molecule has 1 fully saturated rings. The van der Waals surface area contributed by atoms with Crippen molar-refractivity contribution in [2.45, 2.75) is 26.2 Å². The summed E-state index contributed by atoms with van der Waals surface area (Å²) in [5, 5.41) is 9.15. The fourth-order valence-corrected chi connectivity index (χ4v) is 3.05. The van der Waals surface area contributed by atoms with E-state index in [4.69, 9.17) is 5.11 Å². The Hall–Kier alpha value is -2.76. The molecule has 0 saturated carbocycles. The number of carbonyl (C=O) groups excluding carboxylic acids is 1. The van der Waals surface area contributed by atoms with Gasteiger partial charge in [0.15, 0.2) is 0 Å². The van der Waals surface area contributed by atoms with Gasteiger partial charge in [0.05, 0.1) is 11.3 Å². The molecule has 1 aromatic carbocycles. The van der Waals surface area contributed by atoms with Crippen LogP contribution in [0.3, 0.4) is 0 Å². The van der Waals surface area contributed by atoms with Crippen molar-refractivity contribution in [3.05, 3.63) is 47.4 Å². The van der Waals surface area contributed by atoms with E-state index >= 15 is 0 Å². The van der Waals surface area contributed by atoms with Gasteiger partial charge in [-0.15, -0.1) is 0 Å². The third-order valence-corrected chi connectivity index (χ3v) is 4.31. The summed E-state index contributed by atoms with van der Waals surface area (Å²) < 4.78 is 0. The van der Waals surface area contributed by atoms with E-state index in [9.17, 15) is 9.59 Å². The molecular formula is C18H19N3O3. The highest BCUT2D eigenvalue weighted by Gasteiger charge is 2.27. The van der Waals surface area contributed by atoms with Gasteiger partial charge in [-0.3, -0.25) is 4.79 Å². The zero-order valence-electron chi connectivity index (χ0n) is 13.7. The number of carboxylic acid groups (broad SMARTS) is 1. The lowest BCUT2D eigenvalue weighted by Crippen LogP contribution is -2.25. The maximum absolute atomic E-state index is 11.5. The Bertz CT molecular complexity index is 804. The van der Waals surface area contributed by atoms with Crippen LogP contribution in [0.15, 0.2) is 30.3 Å². The monoisotopic (exact) mass is 325 g/mol. The fourth-order valence-electron chi connectivity index (χ4n) is 3.05. The van der Waals surface area contributed by atoms with E-state index in [-0.39, 0.29) is 17.4 Å². The van der Waals surface area contributed by atoms with Crippen LogP contribution >= 0.6 is 0 Å². The number of carbonyl (C=O) groups is 2. The molecule has 2 heterocycles. The third-order valence-electron chi connectivity index (χ3n) is 4.31. The minimum absolute atomic E-state index is 0.0812. The summed E-state index contributed by atoms with van der Waals surface area (Å²) in [5.41, 5.74) is 2.60. The summed E-state index contributed by atoms with van der Waals surface area (Å²) in [6.07, 6.45) is 0.880. The molecule has 0 bridgehead atoms. The first-order chi connectivity index (χ1) is 11.4. The number of hydrogen-bond acceptors (Lipinski definition) is 4. The maximum atomic E-state index is 11.5. The molecule has 0 aliphatic carbocycles. The summed E-state index contributed by atoms with van der Waals surface area (Å²) in [6, 6.07) is 8.63. The molecule has 6 nitrogen and oxygen atoms in total. The van der Waals surface area contributed by atoms with E-state index in [0.29, 0.717) is 18.1 Å². The van der Waals surface area contributed by atoms with E-state index in [2.05, 4.69) is 9.97 Å². The van der Waals surface area contributed by atoms with Gasteiger partial charge < -0.3 is 10.0 Å². The normalized spacial score (nSPS) is 17.1. The molecule has 2 aromatic rings. The molecule has 1 amide bonds. The smallest absolute Gasteiger partial charge is 0.335 e. The number of benzene rings is 1. The van der Waals surface area contributed by atoms with E-state index in [1.807, 2.05) is 24.0 Å². The predicted octanol–water partition coefficient (Wildman–Crippen LogP) is 2.49. The Morgan fingerprint density at radius 3 is 2.71 bits per heavy atom. The van der Waals surface area contributed by atoms with Crippen LogP contribution in [-0.4, -0.2) is 44.9 Å². The summed E-state index contributed by atoms with van der Waals surface area (Å²) >= 11 is 0. The van der Waals surface area contributed by atoms with Gasteiger partial charge in [-0.2, -0.15) is 0 Å². The molecule has 1 N–H and O–H groups in total. The number of hydrogen-bond donors (Lipinski definition) is 1. The number of aryl methyl sites for hydroxylation is 1. The van der Waals surface area contributed by atoms with Crippen LogP contribution < -0.4 is 0 Å². The molecule has 6 heteroatoms. The van der Waals surface area contributed by atoms with E-state index in [1.165, 1.54) is 0 Å². The number of carboxylic acids is 1. The van der Waals surface area contributed by atoms with Gasteiger partial charge in [-0.25, -0.2) is 14.8 Å². The second-order valence-electron chi connectivity index (χ2n) is 6.06. The third kappa shape index (κ3) is 3.27. The van der Waals surface area contributed by atoms with Gasteiger partial charge in [0.1, 0.15) is 5.82 Å². The zero-order valence-corrected chi connectivity index (χ0v) is 13.7. The molecule has 1 aliphatic rings. The second kappa shape index (κ2) is 6.39. The Labute approximate surface area is 140 Å². The van der Waals surface area contributed by atoms with Crippen LogP contribution in [0.4, 0.5) is 0 Å². The van der Waals surface area contributed by atoms with Crippen LogP contribution in [-0.2, 0) is 4.79 Å². The van der Waals surface area contributed by atoms with E-state index in [0.717, 1.165) is 24.2 Å². The number of likely N-dealkylation sites (tertiary alicyclic amines) is 1. The average Bonchev–Trinajstić information content (AvgIpc) is 3.05. The van der Waals surface area contributed by atoms with Crippen LogP contribution in [0.5, 0.6) is 0 Å². The fraction of sp³-hybridized carbons (Fsp3) is 0.333. The Balaban J connectivity index is 1.94. The SMILES string of the molecule is CC(=O)N1CC[C@@H](c2cc(-c3cccc(C(=O)O)c3)nc(C)n2)C1. The lowest BCUT2D eigenvalue weighted by molar-refractivity contribution is -0.127. The van der Waals surface area contributed by atoms with Crippen molar-refractivity contribution in [2.24, 2.45) is 0 Å². The Kier molecular flexibility index (Phi) is 4.29. The highest BCUT2D eigenvalue weighted by atomic mass is 16.4. The van der Waals surface area contributed by atoms with Crippen LogP contribution in [0.1, 0.15) is 41.1 Å². The van der Waals surface area contributed by atoms with Crippen molar-refractivity contribution in [2.75, 3.05) is 13.1 Å². The molecule has 3 rings (SSSR count). The first-order valence-corrected chi connectivity index (χ1v) is 7.89. The number of rotatable bonds is 3. The van der Waals surface area contributed by atoms with Gasteiger partial charge in [-0.05, 0) is 31.5 Å². The molecule has 24 heavy (non-hydrogen) atoms. The number of aromatic nitrogens is 2. The van der Waals surface area contributed by atoms with Crippen molar-refractivity contribution in [3.8, 4) is 11.3 Å². The Morgan fingerprint density at radius 2 is 2.04 bits per heavy atom. The van der Waals surface area contributed by atoms with Crippen molar-refractivity contribution < 1.29 is 14.7 Å². The molecule has 1 aromatic heterocycles. The number of nitrogens with zero attached hydrogens (tertiary/aromatic N) is 3. The molecule has 0 spiro atoms. The highest BCUT2D eigenvalue weighted by molar-refractivity contribution is 5.89. The quantitative estimate of drug-likeness (QED) is 0.937. The zero-order chi connectivity index (χ0) is 17.3. The summed E-state index contributed by atoms with van der Waals surface area (Å²) in [7, 11) is 0. The van der Waals surface area contributed by atoms with Crippen molar-refractivity contribution in [1.82, 2.24) is 14.9 Å². The summed E-state index contributed by atoms with van der Waals surface area (Å²) in [4.78, 5) is 33.5. The molecule has 0 unspecified atom stereocenters. The lowest BCUT2D eigenvalue weighted by atomic mass is 10.0. The van der Waals surface area contributed by atoms with Crippen LogP contribution in [0.25, 0.3) is 11.3 Å². The largest absolute Gasteiger partial charge is 0.478 e. The van der Waals surface area contributed by atoms with Gasteiger partial charge in [-0.1, -0.05) is 12.1 Å². The Morgan fingerprint density at radius 1 is 1.25 bits per heavy atom. The molecule has 1 atom stereocenters. The average molecular weight is 325 g/mol. The van der Waals surface area contributed by atoms with Crippen molar-refractivity contribution in [3.63, 3.8) is 0 Å². The number of aromatic carboxylic acids is 1. The van der Waals surface area contributed by atoms with Crippen molar-refractivity contribution in [1.29, 1.82) is 0 Å². The van der Waals surface area contributed by atoms with Crippen LogP contribution in [0.2, 0.25) is 0 Å². The minimum Gasteiger partial charge on any atom is -0.478 e.